The summed E-state index contributed by atoms with van der Waals surface area (Å²) in [6.45, 7) is 6.85. The molecule has 2 fully saturated rings. The van der Waals surface area contributed by atoms with E-state index in [2.05, 4.69) is 38.8 Å². The number of hydrogen-bond donors (Lipinski definition) is 2. The lowest BCUT2D eigenvalue weighted by Gasteiger charge is -2.26. The Morgan fingerprint density at radius 3 is 2.35 bits per heavy atom. The van der Waals surface area contributed by atoms with E-state index in [1.54, 1.807) is 0 Å². The van der Waals surface area contributed by atoms with Gasteiger partial charge in [0.05, 0.1) is 25.4 Å². The lowest BCUT2D eigenvalue weighted by molar-refractivity contribution is -0.123. The molecule has 2 aromatic rings. The van der Waals surface area contributed by atoms with Crippen LogP contribution in [0.5, 0.6) is 5.75 Å². The Balaban J connectivity index is 0.000000618. The van der Waals surface area contributed by atoms with Crippen molar-refractivity contribution >= 4 is 12.9 Å². The van der Waals surface area contributed by atoms with Crippen molar-refractivity contribution in [2.75, 3.05) is 52.7 Å². The standard InChI is InChI=1S/C22H31N3O3.2CH2O2/c1-2-6-21(28-14-4-3-10-24-12-17-27-18-13-24)20(5-1)22-23-9-11-25(22)19-7-15-26-16-8-19;2*2-1-3/h1-2,5-6,9,11,19H,3-4,7-8,10,12-18H2;2*1H,(H,2,3). The molecular weight excluding hydrogens is 442 g/mol. The van der Waals surface area contributed by atoms with Crippen molar-refractivity contribution in [1.29, 1.82) is 0 Å². The van der Waals surface area contributed by atoms with Crippen molar-refractivity contribution in [3.8, 4) is 17.1 Å². The van der Waals surface area contributed by atoms with Crippen molar-refractivity contribution < 1.29 is 34.0 Å². The Labute approximate surface area is 200 Å². The number of para-hydroxylation sites is 1. The van der Waals surface area contributed by atoms with Gasteiger partial charge in [0.2, 0.25) is 0 Å². The molecule has 0 aliphatic carbocycles. The van der Waals surface area contributed by atoms with Crippen LogP contribution in [0.4, 0.5) is 0 Å². The molecule has 3 heterocycles. The zero-order chi connectivity index (χ0) is 24.4. The number of ether oxygens (including phenoxy) is 3. The fourth-order valence-corrected chi connectivity index (χ4v) is 4.00. The number of carboxylic acid groups (broad SMARTS) is 2. The molecule has 0 spiro atoms. The van der Waals surface area contributed by atoms with Gasteiger partial charge in [0.25, 0.3) is 12.9 Å². The first-order chi connectivity index (χ1) is 16.7. The number of unbranched alkanes of at least 4 members (excludes halogenated alkanes) is 1. The van der Waals surface area contributed by atoms with Crippen LogP contribution >= 0.6 is 0 Å². The predicted octanol–water partition coefficient (Wildman–Crippen LogP) is 2.79. The summed E-state index contributed by atoms with van der Waals surface area (Å²) in [4.78, 5) is 23.8. The van der Waals surface area contributed by atoms with Gasteiger partial charge in [-0.1, -0.05) is 12.1 Å². The summed E-state index contributed by atoms with van der Waals surface area (Å²) in [6, 6.07) is 8.72. The number of hydrogen-bond acceptors (Lipinski definition) is 7. The second kappa shape index (κ2) is 16.6. The van der Waals surface area contributed by atoms with Crippen LogP contribution in [0.2, 0.25) is 0 Å². The Hall–Kier alpha value is -2.95. The molecule has 0 unspecified atom stereocenters. The molecule has 2 aliphatic heterocycles. The number of benzene rings is 1. The van der Waals surface area contributed by atoms with Crippen molar-refractivity contribution in [3.05, 3.63) is 36.7 Å². The van der Waals surface area contributed by atoms with E-state index in [0.717, 1.165) is 95.5 Å². The molecule has 10 nitrogen and oxygen atoms in total. The lowest BCUT2D eigenvalue weighted by atomic mass is 10.1. The maximum Gasteiger partial charge on any atom is 0.290 e. The second-order valence-electron chi connectivity index (χ2n) is 7.72. The summed E-state index contributed by atoms with van der Waals surface area (Å²) < 4.78 is 19.4. The molecule has 0 amide bonds. The van der Waals surface area contributed by atoms with Crippen LogP contribution in [-0.4, -0.2) is 90.3 Å². The minimum absolute atomic E-state index is 0.250. The largest absolute Gasteiger partial charge is 0.493 e. The van der Waals surface area contributed by atoms with E-state index in [9.17, 15) is 0 Å². The van der Waals surface area contributed by atoms with Crippen LogP contribution in [0, 0.1) is 0 Å². The highest BCUT2D eigenvalue weighted by Gasteiger charge is 2.20. The molecule has 2 N–H and O–H groups in total. The highest BCUT2D eigenvalue weighted by molar-refractivity contribution is 5.64. The molecule has 10 heteroatoms. The molecule has 2 aliphatic rings. The van der Waals surface area contributed by atoms with E-state index in [4.69, 9.17) is 34.0 Å². The average molecular weight is 478 g/mol. The summed E-state index contributed by atoms with van der Waals surface area (Å²) in [7, 11) is 0. The van der Waals surface area contributed by atoms with Gasteiger partial charge < -0.3 is 29.0 Å². The quantitative estimate of drug-likeness (QED) is 0.436. The third-order valence-electron chi connectivity index (χ3n) is 5.61. The zero-order valence-corrected chi connectivity index (χ0v) is 19.5. The van der Waals surface area contributed by atoms with Crippen LogP contribution in [0.25, 0.3) is 11.4 Å². The van der Waals surface area contributed by atoms with Crippen molar-refractivity contribution in [3.63, 3.8) is 0 Å². The number of nitrogens with zero attached hydrogens (tertiary/aromatic N) is 3. The van der Waals surface area contributed by atoms with Gasteiger partial charge in [-0.3, -0.25) is 14.5 Å². The summed E-state index contributed by atoms with van der Waals surface area (Å²) in [5.41, 5.74) is 1.08. The van der Waals surface area contributed by atoms with Crippen molar-refractivity contribution in [1.82, 2.24) is 14.5 Å². The molecule has 1 aromatic heterocycles. The lowest BCUT2D eigenvalue weighted by Crippen LogP contribution is -2.36. The SMILES string of the molecule is O=CO.O=CO.c1ccc(-c2nccn2C2CCOCC2)c(OCCCCN2CCOCC2)c1. The van der Waals surface area contributed by atoms with Gasteiger partial charge in [0.15, 0.2) is 0 Å². The Bertz CT molecular complexity index is 812. The van der Waals surface area contributed by atoms with Crippen molar-refractivity contribution in [2.45, 2.75) is 31.7 Å². The van der Waals surface area contributed by atoms with E-state index in [1.165, 1.54) is 0 Å². The average Bonchev–Trinajstić information content (AvgIpc) is 3.36. The minimum atomic E-state index is -0.250. The first-order valence-corrected chi connectivity index (χ1v) is 11.5. The maximum absolute atomic E-state index is 8.36. The number of imidazole rings is 1. The fraction of sp³-hybridized carbons (Fsp3) is 0.542. The van der Waals surface area contributed by atoms with E-state index in [1.807, 2.05) is 12.3 Å². The van der Waals surface area contributed by atoms with Gasteiger partial charge in [0, 0.05) is 44.7 Å². The first-order valence-electron chi connectivity index (χ1n) is 11.5. The summed E-state index contributed by atoms with van der Waals surface area (Å²) in [5, 5.41) is 13.8. The number of carbonyl (C=O) groups is 2. The fourth-order valence-electron chi connectivity index (χ4n) is 4.00. The van der Waals surface area contributed by atoms with Gasteiger partial charge in [-0.15, -0.1) is 0 Å². The predicted molar refractivity (Wildman–Crippen MR) is 126 cm³/mol. The maximum atomic E-state index is 8.36. The third-order valence-corrected chi connectivity index (χ3v) is 5.61. The monoisotopic (exact) mass is 477 g/mol. The molecule has 2 saturated heterocycles. The molecule has 34 heavy (non-hydrogen) atoms. The Kier molecular flexibility index (Phi) is 13.4. The molecule has 1 aromatic carbocycles. The normalized spacial score (nSPS) is 16.4. The van der Waals surface area contributed by atoms with E-state index in [-0.39, 0.29) is 12.9 Å². The molecule has 0 bridgehead atoms. The molecule has 188 valence electrons. The Morgan fingerprint density at radius 2 is 1.65 bits per heavy atom. The van der Waals surface area contributed by atoms with Gasteiger partial charge in [0.1, 0.15) is 11.6 Å². The van der Waals surface area contributed by atoms with Crippen LogP contribution in [0.15, 0.2) is 36.7 Å². The number of morpholine rings is 1. The topological polar surface area (TPSA) is 123 Å². The first kappa shape index (κ1) is 27.3. The van der Waals surface area contributed by atoms with Crippen LogP contribution in [0.3, 0.4) is 0 Å². The van der Waals surface area contributed by atoms with Gasteiger partial charge >= 0.3 is 0 Å². The van der Waals surface area contributed by atoms with E-state index < -0.39 is 0 Å². The van der Waals surface area contributed by atoms with Crippen LogP contribution < -0.4 is 4.74 Å². The highest BCUT2D eigenvalue weighted by Crippen LogP contribution is 2.32. The molecule has 0 radical (unpaired) electrons. The zero-order valence-electron chi connectivity index (χ0n) is 19.5. The van der Waals surface area contributed by atoms with E-state index in [0.29, 0.717) is 6.04 Å². The Morgan fingerprint density at radius 1 is 1.00 bits per heavy atom. The van der Waals surface area contributed by atoms with Crippen LogP contribution in [0.1, 0.15) is 31.7 Å². The summed E-state index contributed by atoms with van der Waals surface area (Å²) in [6.07, 6.45) is 8.26. The molecule has 4 rings (SSSR count). The van der Waals surface area contributed by atoms with Gasteiger partial charge in [-0.05, 0) is 44.4 Å². The van der Waals surface area contributed by atoms with E-state index >= 15 is 0 Å². The minimum Gasteiger partial charge on any atom is -0.493 e. The number of rotatable bonds is 8. The highest BCUT2D eigenvalue weighted by atomic mass is 16.5. The van der Waals surface area contributed by atoms with Gasteiger partial charge in [-0.2, -0.15) is 0 Å². The smallest absolute Gasteiger partial charge is 0.290 e. The van der Waals surface area contributed by atoms with Gasteiger partial charge in [-0.25, -0.2) is 4.98 Å². The third kappa shape index (κ3) is 9.12. The molecular formula is C24H35N3O7. The molecule has 0 saturated carbocycles. The summed E-state index contributed by atoms with van der Waals surface area (Å²) in [5.74, 6) is 1.92. The number of aromatic nitrogens is 2. The van der Waals surface area contributed by atoms with Crippen LogP contribution in [-0.2, 0) is 19.1 Å². The molecule has 0 atom stereocenters. The van der Waals surface area contributed by atoms with Crippen molar-refractivity contribution in [2.24, 2.45) is 0 Å². The second-order valence-corrected chi connectivity index (χ2v) is 7.72. The summed E-state index contributed by atoms with van der Waals surface area (Å²) >= 11 is 0.